The molecule has 0 aromatic carbocycles. The lowest BCUT2D eigenvalue weighted by Gasteiger charge is -2.04. The molecule has 2 rings (SSSR count). The Morgan fingerprint density at radius 3 is 2.94 bits per heavy atom. The second kappa shape index (κ2) is 5.58. The van der Waals surface area contributed by atoms with Crippen LogP contribution in [0.1, 0.15) is 6.92 Å². The summed E-state index contributed by atoms with van der Waals surface area (Å²) < 4.78 is 13.5. The Morgan fingerprint density at radius 1 is 1.35 bits per heavy atom. The maximum atomic E-state index is 13.5. The molecule has 0 amide bonds. The van der Waals surface area contributed by atoms with Crippen molar-refractivity contribution in [2.45, 2.75) is 17.0 Å². The van der Waals surface area contributed by atoms with Crippen molar-refractivity contribution in [2.24, 2.45) is 0 Å². The molecule has 0 aliphatic carbocycles. The zero-order chi connectivity index (χ0) is 12.1. The van der Waals surface area contributed by atoms with Gasteiger partial charge in [-0.2, -0.15) is 0 Å². The van der Waals surface area contributed by atoms with Gasteiger partial charge in [-0.1, -0.05) is 6.07 Å². The predicted molar refractivity (Wildman–Crippen MR) is 64.5 cm³/mol. The fourth-order valence-electron chi connectivity index (χ4n) is 1.17. The molecule has 0 fully saturated rings. The number of nitrogens with zero attached hydrogens (tertiary/aromatic N) is 3. The van der Waals surface area contributed by atoms with Gasteiger partial charge in [0.05, 0.1) is 6.20 Å². The van der Waals surface area contributed by atoms with E-state index in [0.717, 1.165) is 6.20 Å². The smallest absolute Gasteiger partial charge is 0.223 e. The van der Waals surface area contributed by atoms with Crippen molar-refractivity contribution in [3.63, 3.8) is 0 Å². The highest BCUT2D eigenvalue weighted by Crippen LogP contribution is 2.26. The number of hydrogen-bond donors (Lipinski definition) is 1. The molecule has 0 bridgehead atoms. The first kappa shape index (κ1) is 11.8. The van der Waals surface area contributed by atoms with Crippen LogP contribution in [0.15, 0.2) is 40.6 Å². The lowest BCUT2D eigenvalue weighted by atomic mass is 10.5. The van der Waals surface area contributed by atoms with Crippen LogP contribution in [0.4, 0.5) is 10.3 Å². The van der Waals surface area contributed by atoms with Crippen molar-refractivity contribution < 1.29 is 4.39 Å². The maximum absolute atomic E-state index is 13.5. The van der Waals surface area contributed by atoms with Gasteiger partial charge in [-0.05, 0) is 30.8 Å². The average molecular weight is 250 g/mol. The molecule has 0 spiro atoms. The Morgan fingerprint density at radius 2 is 2.24 bits per heavy atom. The number of hydrogen-bond acceptors (Lipinski definition) is 5. The Bertz CT molecular complexity index is 492. The highest BCUT2D eigenvalue weighted by atomic mass is 32.2. The normalized spacial score (nSPS) is 10.2. The van der Waals surface area contributed by atoms with Gasteiger partial charge in [0.15, 0.2) is 5.82 Å². The third-order valence-corrected chi connectivity index (χ3v) is 2.82. The second-order valence-corrected chi connectivity index (χ2v) is 4.16. The summed E-state index contributed by atoms with van der Waals surface area (Å²) in [6.07, 6.45) is 2.82. The van der Waals surface area contributed by atoms with Crippen molar-refractivity contribution in [3.8, 4) is 0 Å². The van der Waals surface area contributed by atoms with Gasteiger partial charge in [0, 0.05) is 12.7 Å². The summed E-state index contributed by atoms with van der Waals surface area (Å²) in [5.74, 6) is -0.0189. The standard InChI is InChI=1S/C11H11FN4S/c1-2-13-11-15-7-8(12)10(16-11)17-9-5-3-4-6-14-9/h3-7H,2H2,1H3,(H,13,15,16). The molecule has 0 radical (unpaired) electrons. The van der Waals surface area contributed by atoms with E-state index in [1.807, 2.05) is 19.1 Å². The lowest BCUT2D eigenvalue weighted by Crippen LogP contribution is -2.03. The van der Waals surface area contributed by atoms with Crippen molar-refractivity contribution in [1.82, 2.24) is 15.0 Å². The van der Waals surface area contributed by atoms with Crippen molar-refractivity contribution in [1.29, 1.82) is 0 Å². The summed E-state index contributed by atoms with van der Waals surface area (Å²) in [4.78, 5) is 12.0. The largest absolute Gasteiger partial charge is 0.354 e. The quantitative estimate of drug-likeness (QED) is 0.845. The van der Waals surface area contributed by atoms with Crippen LogP contribution in [-0.2, 0) is 0 Å². The van der Waals surface area contributed by atoms with Gasteiger partial charge in [-0.3, -0.25) is 0 Å². The van der Waals surface area contributed by atoms with E-state index in [0.29, 0.717) is 17.5 Å². The second-order valence-electron chi connectivity index (χ2n) is 3.15. The molecular weight excluding hydrogens is 239 g/mol. The van der Waals surface area contributed by atoms with Crippen LogP contribution < -0.4 is 5.32 Å². The number of pyridine rings is 1. The van der Waals surface area contributed by atoms with Crippen molar-refractivity contribution in [3.05, 3.63) is 36.4 Å². The summed E-state index contributed by atoms with van der Waals surface area (Å²) in [5, 5.41) is 3.91. The molecule has 17 heavy (non-hydrogen) atoms. The summed E-state index contributed by atoms with van der Waals surface area (Å²) >= 11 is 1.18. The van der Waals surface area contributed by atoms with E-state index in [1.54, 1.807) is 12.3 Å². The van der Waals surface area contributed by atoms with E-state index in [9.17, 15) is 4.39 Å². The Balaban J connectivity index is 2.22. The third kappa shape index (κ3) is 3.13. The van der Waals surface area contributed by atoms with Gasteiger partial charge in [0.25, 0.3) is 0 Å². The molecule has 6 heteroatoms. The fourth-order valence-corrected chi connectivity index (χ4v) is 1.91. The maximum Gasteiger partial charge on any atom is 0.223 e. The van der Waals surface area contributed by atoms with Crippen molar-refractivity contribution in [2.75, 3.05) is 11.9 Å². The number of nitrogens with one attached hydrogen (secondary N) is 1. The van der Waals surface area contributed by atoms with Crippen molar-refractivity contribution >= 4 is 17.7 Å². The topological polar surface area (TPSA) is 50.7 Å². The van der Waals surface area contributed by atoms with E-state index < -0.39 is 5.82 Å². The van der Waals surface area contributed by atoms with Crippen LogP contribution in [-0.4, -0.2) is 21.5 Å². The van der Waals surface area contributed by atoms with Gasteiger partial charge >= 0.3 is 0 Å². The zero-order valence-corrected chi connectivity index (χ0v) is 10.0. The van der Waals surface area contributed by atoms with E-state index in [2.05, 4.69) is 20.3 Å². The first-order chi connectivity index (χ1) is 8.29. The number of halogens is 1. The van der Waals surface area contributed by atoms with E-state index in [1.165, 1.54) is 11.8 Å². The van der Waals surface area contributed by atoms with Crippen LogP contribution in [0.25, 0.3) is 0 Å². The number of anilines is 1. The highest BCUT2D eigenvalue weighted by Gasteiger charge is 2.08. The first-order valence-corrected chi connectivity index (χ1v) is 5.96. The SMILES string of the molecule is CCNc1ncc(F)c(Sc2ccccn2)n1. The monoisotopic (exact) mass is 250 g/mol. The Hall–Kier alpha value is -1.69. The molecule has 0 atom stereocenters. The summed E-state index contributed by atoms with van der Waals surface area (Å²) in [6, 6.07) is 5.46. The van der Waals surface area contributed by atoms with E-state index >= 15 is 0 Å². The molecule has 4 nitrogen and oxygen atoms in total. The molecule has 1 N–H and O–H groups in total. The van der Waals surface area contributed by atoms with Gasteiger partial charge in [0.2, 0.25) is 5.95 Å². The van der Waals surface area contributed by atoms with Crippen LogP contribution in [0.3, 0.4) is 0 Å². The molecule has 88 valence electrons. The minimum atomic E-state index is -0.442. The molecule has 0 saturated carbocycles. The molecular formula is C11H11FN4S. The molecule has 2 aromatic heterocycles. The number of rotatable bonds is 4. The minimum absolute atomic E-state index is 0.273. The molecule has 0 aliphatic heterocycles. The van der Waals surface area contributed by atoms with Gasteiger partial charge < -0.3 is 5.32 Å². The Labute approximate surface area is 103 Å². The molecule has 0 saturated heterocycles. The van der Waals surface area contributed by atoms with Gasteiger partial charge in [-0.25, -0.2) is 19.3 Å². The highest BCUT2D eigenvalue weighted by molar-refractivity contribution is 7.99. The van der Waals surface area contributed by atoms with Gasteiger partial charge in [-0.15, -0.1) is 0 Å². The fraction of sp³-hybridized carbons (Fsp3) is 0.182. The summed E-state index contributed by atoms with van der Waals surface area (Å²) in [5.41, 5.74) is 0. The summed E-state index contributed by atoms with van der Waals surface area (Å²) in [7, 11) is 0. The molecule has 2 aromatic rings. The molecule has 0 unspecified atom stereocenters. The predicted octanol–water partition coefficient (Wildman–Crippen LogP) is 2.59. The third-order valence-electron chi connectivity index (χ3n) is 1.89. The van der Waals surface area contributed by atoms with Crippen LogP contribution in [0, 0.1) is 5.82 Å². The van der Waals surface area contributed by atoms with Crippen LogP contribution in [0.5, 0.6) is 0 Å². The lowest BCUT2D eigenvalue weighted by molar-refractivity contribution is 0.579. The van der Waals surface area contributed by atoms with E-state index in [-0.39, 0.29) is 5.03 Å². The average Bonchev–Trinajstić information content (AvgIpc) is 2.35. The van der Waals surface area contributed by atoms with Gasteiger partial charge in [0.1, 0.15) is 10.1 Å². The summed E-state index contributed by atoms with van der Waals surface area (Å²) in [6.45, 7) is 2.62. The Kier molecular flexibility index (Phi) is 3.87. The van der Waals surface area contributed by atoms with Crippen LogP contribution >= 0.6 is 11.8 Å². The molecule has 0 aliphatic rings. The van der Waals surface area contributed by atoms with Crippen LogP contribution in [0.2, 0.25) is 0 Å². The number of aromatic nitrogens is 3. The zero-order valence-electron chi connectivity index (χ0n) is 9.22. The van der Waals surface area contributed by atoms with E-state index in [4.69, 9.17) is 0 Å². The molecule has 2 heterocycles. The minimum Gasteiger partial charge on any atom is -0.354 e. The first-order valence-electron chi connectivity index (χ1n) is 5.15.